The highest BCUT2D eigenvalue weighted by molar-refractivity contribution is 8.19. The van der Waals surface area contributed by atoms with Gasteiger partial charge in [-0.3, -0.25) is 0 Å². The Labute approximate surface area is 138 Å². The van der Waals surface area contributed by atoms with Gasteiger partial charge < -0.3 is 4.74 Å². The summed E-state index contributed by atoms with van der Waals surface area (Å²) in [4.78, 5) is 0. The van der Waals surface area contributed by atoms with Crippen LogP contribution in [-0.2, 0) is 10.8 Å². The summed E-state index contributed by atoms with van der Waals surface area (Å²) in [6.45, 7) is 13.7. The van der Waals surface area contributed by atoms with Gasteiger partial charge >= 0.3 is 0 Å². The van der Waals surface area contributed by atoms with Crippen molar-refractivity contribution in [2.45, 2.75) is 57.0 Å². The Morgan fingerprint density at radius 1 is 0.952 bits per heavy atom. The van der Waals surface area contributed by atoms with E-state index in [4.69, 9.17) is 4.74 Å². The van der Waals surface area contributed by atoms with Gasteiger partial charge in [0.25, 0.3) is 0 Å². The van der Waals surface area contributed by atoms with Crippen molar-refractivity contribution in [3.8, 4) is 5.75 Å². The monoisotopic (exact) mass is 324 g/mol. The summed E-state index contributed by atoms with van der Waals surface area (Å²) in [6.07, 6.45) is 0. The van der Waals surface area contributed by atoms with E-state index >= 15 is 0 Å². The lowest BCUT2D eigenvalue weighted by Crippen LogP contribution is -2.19. The first kappa shape index (κ1) is 17.1. The zero-order chi connectivity index (χ0) is 15.8. The van der Waals surface area contributed by atoms with E-state index in [-0.39, 0.29) is 10.8 Å². The number of hydrogen-bond donors (Lipinski definition) is 0. The van der Waals surface area contributed by atoms with Gasteiger partial charge in [0.15, 0.2) is 0 Å². The highest BCUT2D eigenvalue weighted by atomic mass is 32.2. The van der Waals surface area contributed by atoms with E-state index in [0.717, 1.165) is 5.75 Å². The van der Waals surface area contributed by atoms with Gasteiger partial charge in [-0.15, -0.1) is 23.5 Å². The van der Waals surface area contributed by atoms with Gasteiger partial charge in [-0.05, 0) is 22.5 Å². The first-order valence-corrected chi connectivity index (χ1v) is 9.70. The molecule has 0 aromatic heterocycles. The SMILES string of the molecule is COc1c(C2SCCS2)cc(C(C)(C)C)cc1C(C)(C)C. The van der Waals surface area contributed by atoms with Crippen LogP contribution in [0.2, 0.25) is 0 Å². The molecule has 0 atom stereocenters. The van der Waals surface area contributed by atoms with E-state index < -0.39 is 0 Å². The van der Waals surface area contributed by atoms with Crippen molar-refractivity contribution >= 4 is 23.5 Å². The molecule has 1 fully saturated rings. The Hall–Kier alpha value is -0.280. The van der Waals surface area contributed by atoms with E-state index in [1.165, 1.54) is 28.2 Å². The Kier molecular flexibility index (Phi) is 4.94. The molecule has 0 bridgehead atoms. The molecule has 118 valence electrons. The van der Waals surface area contributed by atoms with E-state index in [2.05, 4.69) is 53.7 Å². The minimum absolute atomic E-state index is 0.0926. The lowest BCUT2D eigenvalue weighted by Gasteiger charge is -2.30. The van der Waals surface area contributed by atoms with Crippen molar-refractivity contribution in [3.05, 3.63) is 28.8 Å². The number of ether oxygens (including phenoxy) is 1. The summed E-state index contributed by atoms with van der Waals surface area (Å²) in [5.74, 6) is 3.58. The van der Waals surface area contributed by atoms with Crippen molar-refractivity contribution < 1.29 is 4.74 Å². The van der Waals surface area contributed by atoms with Crippen LogP contribution < -0.4 is 4.74 Å². The molecule has 1 heterocycles. The van der Waals surface area contributed by atoms with E-state index in [9.17, 15) is 0 Å². The van der Waals surface area contributed by atoms with Crippen LogP contribution in [0, 0.1) is 0 Å². The van der Waals surface area contributed by atoms with Crippen molar-refractivity contribution in [1.82, 2.24) is 0 Å². The zero-order valence-corrected chi connectivity index (χ0v) is 16.0. The van der Waals surface area contributed by atoms with Gasteiger partial charge in [-0.25, -0.2) is 0 Å². The van der Waals surface area contributed by atoms with E-state index in [1.54, 1.807) is 0 Å². The molecule has 1 saturated heterocycles. The predicted molar refractivity (Wildman–Crippen MR) is 98.1 cm³/mol. The molecule has 1 aromatic carbocycles. The first-order valence-electron chi connectivity index (χ1n) is 7.60. The topological polar surface area (TPSA) is 9.23 Å². The van der Waals surface area contributed by atoms with Crippen molar-refractivity contribution in [2.75, 3.05) is 18.6 Å². The largest absolute Gasteiger partial charge is 0.496 e. The van der Waals surface area contributed by atoms with Gasteiger partial charge in [-0.1, -0.05) is 47.6 Å². The van der Waals surface area contributed by atoms with Crippen LogP contribution in [0.1, 0.15) is 62.8 Å². The third kappa shape index (κ3) is 3.73. The van der Waals surface area contributed by atoms with Gasteiger partial charge in [0.2, 0.25) is 0 Å². The number of thioether (sulfide) groups is 2. The minimum atomic E-state index is 0.0926. The summed E-state index contributed by atoms with van der Waals surface area (Å²) < 4.78 is 6.37. The Morgan fingerprint density at radius 3 is 1.95 bits per heavy atom. The molecule has 0 radical (unpaired) electrons. The summed E-state index contributed by atoms with van der Waals surface area (Å²) in [5.41, 5.74) is 4.38. The maximum Gasteiger partial charge on any atom is 0.127 e. The number of benzene rings is 1. The predicted octanol–water partition coefficient (Wildman–Crippen LogP) is 5.77. The molecule has 1 aliphatic rings. The molecule has 0 amide bonds. The summed E-state index contributed by atoms with van der Waals surface area (Å²) in [7, 11) is 1.81. The third-order valence-corrected chi connectivity index (χ3v) is 6.94. The smallest absolute Gasteiger partial charge is 0.127 e. The van der Waals surface area contributed by atoms with Crippen molar-refractivity contribution in [2.24, 2.45) is 0 Å². The molecule has 1 aromatic rings. The zero-order valence-electron chi connectivity index (χ0n) is 14.4. The van der Waals surface area contributed by atoms with E-state index in [1.807, 2.05) is 30.6 Å². The molecular weight excluding hydrogens is 296 g/mol. The fourth-order valence-corrected chi connectivity index (χ4v) is 5.45. The summed E-state index contributed by atoms with van der Waals surface area (Å²) in [6, 6.07) is 4.73. The molecule has 2 rings (SSSR count). The fourth-order valence-electron chi connectivity index (χ4n) is 2.58. The Morgan fingerprint density at radius 2 is 1.52 bits per heavy atom. The Balaban J connectivity index is 2.66. The molecule has 1 aliphatic heterocycles. The van der Waals surface area contributed by atoms with Crippen LogP contribution in [0.15, 0.2) is 12.1 Å². The van der Waals surface area contributed by atoms with Gasteiger partial charge in [0.05, 0.1) is 11.7 Å². The standard InChI is InChI=1S/C18H28OS2/c1-17(2,3)12-10-13(16-20-8-9-21-16)15(19-7)14(11-12)18(4,5)6/h10-11,16H,8-9H2,1-7H3. The highest BCUT2D eigenvalue weighted by Gasteiger charge is 2.30. The minimum Gasteiger partial charge on any atom is -0.496 e. The molecule has 0 spiro atoms. The quantitative estimate of drug-likeness (QED) is 0.683. The van der Waals surface area contributed by atoms with Gasteiger partial charge in [-0.2, -0.15) is 0 Å². The highest BCUT2D eigenvalue weighted by Crippen LogP contribution is 2.51. The van der Waals surface area contributed by atoms with Crippen LogP contribution in [0.4, 0.5) is 0 Å². The second kappa shape index (κ2) is 6.08. The molecule has 21 heavy (non-hydrogen) atoms. The third-order valence-electron chi connectivity index (χ3n) is 3.87. The van der Waals surface area contributed by atoms with Crippen LogP contribution in [-0.4, -0.2) is 18.6 Å². The molecular formula is C18H28OS2. The van der Waals surface area contributed by atoms with Crippen LogP contribution in [0.25, 0.3) is 0 Å². The lowest BCUT2D eigenvalue weighted by atomic mass is 9.79. The first-order chi connectivity index (χ1) is 9.64. The summed E-state index contributed by atoms with van der Waals surface area (Å²) in [5, 5.41) is 0. The van der Waals surface area contributed by atoms with Crippen molar-refractivity contribution in [1.29, 1.82) is 0 Å². The molecule has 0 unspecified atom stereocenters. The lowest BCUT2D eigenvalue weighted by molar-refractivity contribution is 0.393. The molecule has 0 saturated carbocycles. The number of rotatable bonds is 2. The number of methoxy groups -OCH3 is 1. The van der Waals surface area contributed by atoms with Crippen LogP contribution >= 0.6 is 23.5 Å². The van der Waals surface area contributed by atoms with Gasteiger partial charge in [0, 0.05) is 22.6 Å². The molecule has 1 nitrogen and oxygen atoms in total. The maximum absolute atomic E-state index is 5.86. The second-order valence-corrected chi connectivity index (χ2v) is 10.4. The second-order valence-electron chi connectivity index (χ2n) is 7.72. The average molecular weight is 325 g/mol. The maximum atomic E-state index is 5.86. The molecule has 0 aliphatic carbocycles. The fraction of sp³-hybridized carbons (Fsp3) is 0.667. The number of hydrogen-bond acceptors (Lipinski definition) is 3. The van der Waals surface area contributed by atoms with Crippen LogP contribution in [0.5, 0.6) is 5.75 Å². The normalized spacial score (nSPS) is 17.3. The molecule has 3 heteroatoms. The van der Waals surface area contributed by atoms with Crippen LogP contribution in [0.3, 0.4) is 0 Å². The van der Waals surface area contributed by atoms with Gasteiger partial charge in [0.1, 0.15) is 5.75 Å². The Bertz CT molecular complexity index is 503. The summed E-state index contributed by atoms with van der Waals surface area (Å²) >= 11 is 4.09. The van der Waals surface area contributed by atoms with E-state index in [0.29, 0.717) is 4.58 Å². The average Bonchev–Trinajstić information content (AvgIpc) is 2.88. The van der Waals surface area contributed by atoms with Crippen molar-refractivity contribution in [3.63, 3.8) is 0 Å². The molecule has 0 N–H and O–H groups in total.